The zero-order valence-electron chi connectivity index (χ0n) is 12.0. The fourth-order valence-electron chi connectivity index (χ4n) is 2.36. The van der Waals surface area contributed by atoms with Crippen LogP contribution in [0.5, 0.6) is 5.75 Å². The monoisotopic (exact) mass is 345 g/mol. The molecule has 0 radical (unpaired) electrons. The number of nitrogens with one attached hydrogen (secondary N) is 1. The molecule has 0 saturated heterocycles. The highest BCUT2D eigenvalue weighted by molar-refractivity contribution is 9.10. The average Bonchev–Trinajstić information content (AvgIpc) is 3.31. The summed E-state index contributed by atoms with van der Waals surface area (Å²) in [5.41, 5.74) is 2.65. The minimum absolute atomic E-state index is 0.621. The van der Waals surface area contributed by atoms with Crippen molar-refractivity contribution in [3.8, 4) is 5.75 Å². The zero-order valence-corrected chi connectivity index (χ0v) is 13.6. The summed E-state index contributed by atoms with van der Waals surface area (Å²) in [7, 11) is 0. The third-order valence-corrected chi connectivity index (χ3v) is 4.21. The lowest BCUT2D eigenvalue weighted by Crippen LogP contribution is -2.19. The van der Waals surface area contributed by atoms with E-state index in [1.165, 1.54) is 24.0 Å². The lowest BCUT2D eigenvalue weighted by molar-refractivity contribution is 0.304. The molecule has 1 aliphatic carbocycles. The van der Waals surface area contributed by atoms with Crippen molar-refractivity contribution < 1.29 is 4.74 Å². The molecule has 0 spiro atoms. The van der Waals surface area contributed by atoms with Crippen molar-refractivity contribution in [2.45, 2.75) is 31.9 Å². The Morgan fingerprint density at radius 1 is 1.05 bits per heavy atom. The van der Waals surface area contributed by atoms with Crippen LogP contribution in [-0.2, 0) is 13.0 Å². The quantitative estimate of drug-likeness (QED) is 0.806. The molecule has 3 heteroatoms. The van der Waals surface area contributed by atoms with E-state index in [0.29, 0.717) is 6.61 Å². The summed E-state index contributed by atoms with van der Waals surface area (Å²) in [5, 5.41) is 3.57. The minimum Gasteiger partial charge on any atom is -0.489 e. The maximum Gasteiger partial charge on any atom is 0.120 e. The Kier molecular flexibility index (Phi) is 4.94. The van der Waals surface area contributed by atoms with Crippen LogP contribution in [0.15, 0.2) is 53.0 Å². The van der Waals surface area contributed by atoms with Crippen molar-refractivity contribution in [3.05, 3.63) is 64.1 Å². The first kappa shape index (κ1) is 14.6. The second kappa shape index (κ2) is 7.10. The lowest BCUT2D eigenvalue weighted by Gasteiger charge is -2.12. The number of hydrogen-bond acceptors (Lipinski definition) is 2. The summed E-state index contributed by atoms with van der Waals surface area (Å²) in [5.74, 6) is 0.898. The number of halogens is 1. The summed E-state index contributed by atoms with van der Waals surface area (Å²) in [6.45, 7) is 1.68. The fourth-order valence-corrected chi connectivity index (χ4v) is 2.74. The maximum atomic E-state index is 5.90. The number of benzene rings is 2. The van der Waals surface area contributed by atoms with E-state index in [-0.39, 0.29) is 0 Å². The fraction of sp³-hybridized carbons (Fsp3) is 0.333. The van der Waals surface area contributed by atoms with Crippen LogP contribution in [-0.4, -0.2) is 12.6 Å². The van der Waals surface area contributed by atoms with E-state index in [1.54, 1.807) is 0 Å². The molecule has 0 bridgehead atoms. The van der Waals surface area contributed by atoms with Crippen LogP contribution in [0.2, 0.25) is 0 Å². The molecule has 3 rings (SSSR count). The summed E-state index contributed by atoms with van der Waals surface area (Å²) in [6.07, 6.45) is 3.75. The summed E-state index contributed by atoms with van der Waals surface area (Å²) < 4.78 is 6.95. The Hall–Kier alpha value is -1.32. The molecule has 1 saturated carbocycles. The Labute approximate surface area is 134 Å². The highest BCUT2D eigenvalue weighted by Crippen LogP contribution is 2.21. The van der Waals surface area contributed by atoms with E-state index < -0.39 is 0 Å². The van der Waals surface area contributed by atoms with Gasteiger partial charge in [0.2, 0.25) is 0 Å². The molecule has 0 atom stereocenters. The van der Waals surface area contributed by atoms with Gasteiger partial charge in [0.15, 0.2) is 0 Å². The first-order valence-electron chi connectivity index (χ1n) is 7.50. The molecule has 1 fully saturated rings. The normalized spacial score (nSPS) is 14.1. The van der Waals surface area contributed by atoms with Crippen LogP contribution in [0.4, 0.5) is 0 Å². The average molecular weight is 346 g/mol. The van der Waals surface area contributed by atoms with E-state index in [4.69, 9.17) is 4.74 Å². The number of ether oxygens (including phenoxy) is 1. The van der Waals surface area contributed by atoms with Crippen molar-refractivity contribution >= 4 is 15.9 Å². The summed E-state index contributed by atoms with van der Waals surface area (Å²) in [4.78, 5) is 0. The molecule has 21 heavy (non-hydrogen) atoms. The molecule has 0 aliphatic heterocycles. The van der Waals surface area contributed by atoms with Crippen LogP contribution in [0.1, 0.15) is 24.0 Å². The van der Waals surface area contributed by atoms with Gasteiger partial charge in [-0.3, -0.25) is 0 Å². The topological polar surface area (TPSA) is 21.3 Å². The molecule has 2 aromatic rings. The molecule has 1 aliphatic rings. The molecule has 0 aromatic heterocycles. The SMILES string of the molecule is Brc1cccc(OCc2ccccc2CCNC2CC2)c1. The molecule has 0 unspecified atom stereocenters. The molecule has 0 heterocycles. The number of hydrogen-bond donors (Lipinski definition) is 1. The van der Waals surface area contributed by atoms with Gasteiger partial charge in [0.25, 0.3) is 0 Å². The Balaban J connectivity index is 1.58. The molecule has 1 N–H and O–H groups in total. The van der Waals surface area contributed by atoms with Gasteiger partial charge in [0.05, 0.1) is 0 Å². The number of rotatable bonds is 7. The Bertz CT molecular complexity index is 595. The van der Waals surface area contributed by atoms with E-state index >= 15 is 0 Å². The van der Waals surface area contributed by atoms with Crippen molar-refractivity contribution in [1.29, 1.82) is 0 Å². The van der Waals surface area contributed by atoms with Gasteiger partial charge < -0.3 is 10.1 Å². The van der Waals surface area contributed by atoms with Crippen LogP contribution in [0, 0.1) is 0 Å². The second-order valence-electron chi connectivity index (χ2n) is 5.49. The molecular formula is C18H20BrNO. The van der Waals surface area contributed by atoms with Crippen LogP contribution in [0.3, 0.4) is 0 Å². The van der Waals surface area contributed by atoms with Gasteiger partial charge in [-0.2, -0.15) is 0 Å². The third kappa shape index (κ3) is 4.58. The third-order valence-electron chi connectivity index (χ3n) is 3.71. The van der Waals surface area contributed by atoms with Gasteiger partial charge in [-0.1, -0.05) is 46.3 Å². The van der Waals surface area contributed by atoms with Gasteiger partial charge in [-0.15, -0.1) is 0 Å². The smallest absolute Gasteiger partial charge is 0.120 e. The van der Waals surface area contributed by atoms with Crippen LogP contribution >= 0.6 is 15.9 Å². The van der Waals surface area contributed by atoms with Crippen molar-refractivity contribution in [3.63, 3.8) is 0 Å². The molecule has 2 nitrogen and oxygen atoms in total. The van der Waals surface area contributed by atoms with Crippen molar-refractivity contribution in [2.24, 2.45) is 0 Å². The van der Waals surface area contributed by atoms with Crippen LogP contribution in [0.25, 0.3) is 0 Å². The van der Waals surface area contributed by atoms with Crippen molar-refractivity contribution in [2.75, 3.05) is 6.54 Å². The second-order valence-corrected chi connectivity index (χ2v) is 6.41. The van der Waals surface area contributed by atoms with E-state index in [1.807, 2.05) is 24.3 Å². The molecule has 2 aromatic carbocycles. The lowest BCUT2D eigenvalue weighted by atomic mass is 10.1. The molecule has 110 valence electrons. The predicted octanol–water partition coefficient (Wildman–Crippen LogP) is 4.32. The van der Waals surface area contributed by atoms with Gasteiger partial charge in [-0.25, -0.2) is 0 Å². The van der Waals surface area contributed by atoms with Crippen LogP contribution < -0.4 is 10.1 Å². The summed E-state index contributed by atoms with van der Waals surface area (Å²) >= 11 is 3.47. The van der Waals surface area contributed by atoms with Gasteiger partial charge in [-0.05, 0) is 55.1 Å². The maximum absolute atomic E-state index is 5.90. The minimum atomic E-state index is 0.621. The predicted molar refractivity (Wildman–Crippen MR) is 89.6 cm³/mol. The molecular weight excluding hydrogens is 326 g/mol. The highest BCUT2D eigenvalue weighted by atomic mass is 79.9. The van der Waals surface area contributed by atoms with Gasteiger partial charge >= 0.3 is 0 Å². The Morgan fingerprint density at radius 3 is 2.62 bits per heavy atom. The van der Waals surface area contributed by atoms with E-state index in [0.717, 1.165) is 29.2 Å². The van der Waals surface area contributed by atoms with Gasteiger partial charge in [0, 0.05) is 10.5 Å². The largest absolute Gasteiger partial charge is 0.489 e. The first-order valence-corrected chi connectivity index (χ1v) is 8.29. The standard InChI is InChI=1S/C18H20BrNO/c19-16-6-3-7-18(12-16)21-13-15-5-2-1-4-14(15)10-11-20-17-8-9-17/h1-7,12,17,20H,8-11,13H2. The highest BCUT2D eigenvalue weighted by Gasteiger charge is 2.19. The van der Waals surface area contributed by atoms with Gasteiger partial charge in [0.1, 0.15) is 12.4 Å². The van der Waals surface area contributed by atoms with Crippen molar-refractivity contribution in [1.82, 2.24) is 5.32 Å². The van der Waals surface area contributed by atoms with E-state index in [2.05, 4.69) is 45.5 Å². The zero-order chi connectivity index (χ0) is 14.5. The Morgan fingerprint density at radius 2 is 1.86 bits per heavy atom. The van der Waals surface area contributed by atoms with E-state index in [9.17, 15) is 0 Å². The molecule has 0 amide bonds. The first-order chi connectivity index (χ1) is 10.3. The summed E-state index contributed by atoms with van der Waals surface area (Å²) in [6, 6.07) is 17.3.